The molecule has 1 amide bonds. The predicted molar refractivity (Wildman–Crippen MR) is 87.2 cm³/mol. The van der Waals surface area contributed by atoms with E-state index in [-0.39, 0.29) is 24.2 Å². The molecule has 1 heterocycles. The van der Waals surface area contributed by atoms with Crippen LogP contribution in [-0.2, 0) is 4.79 Å². The molecular formula is C15H19ClN4O2. The molecular weight excluding hydrogens is 304 g/mol. The molecule has 2 rings (SSSR count). The SMILES string of the molecule is CC(C)C(N)C(=O)Nc1cccc(Oc2cnccn2)c1.Cl. The van der Waals surface area contributed by atoms with E-state index in [1.54, 1.807) is 36.7 Å². The number of carbonyl (C=O) groups is 1. The Hall–Kier alpha value is -2.18. The molecule has 6 nitrogen and oxygen atoms in total. The van der Waals surface area contributed by atoms with E-state index in [4.69, 9.17) is 10.5 Å². The fraction of sp³-hybridized carbons (Fsp3) is 0.267. The summed E-state index contributed by atoms with van der Waals surface area (Å²) in [5.41, 5.74) is 6.43. The van der Waals surface area contributed by atoms with E-state index >= 15 is 0 Å². The quantitative estimate of drug-likeness (QED) is 0.883. The van der Waals surface area contributed by atoms with Gasteiger partial charge < -0.3 is 15.8 Å². The lowest BCUT2D eigenvalue weighted by atomic mass is 10.0. The Morgan fingerprint density at radius 1 is 1.32 bits per heavy atom. The lowest BCUT2D eigenvalue weighted by Crippen LogP contribution is -2.39. The maximum absolute atomic E-state index is 11.9. The maximum Gasteiger partial charge on any atom is 0.241 e. The highest BCUT2D eigenvalue weighted by Crippen LogP contribution is 2.22. The number of halogens is 1. The lowest BCUT2D eigenvalue weighted by Gasteiger charge is -2.15. The van der Waals surface area contributed by atoms with E-state index < -0.39 is 6.04 Å². The summed E-state index contributed by atoms with van der Waals surface area (Å²) in [6.07, 6.45) is 4.62. The molecule has 0 spiro atoms. The largest absolute Gasteiger partial charge is 0.437 e. The fourth-order valence-electron chi connectivity index (χ4n) is 1.62. The van der Waals surface area contributed by atoms with Crippen molar-refractivity contribution in [2.75, 3.05) is 5.32 Å². The number of amides is 1. The minimum atomic E-state index is -0.547. The number of nitrogens with zero attached hydrogens (tertiary/aromatic N) is 2. The molecule has 2 aromatic rings. The highest BCUT2D eigenvalue weighted by molar-refractivity contribution is 5.94. The van der Waals surface area contributed by atoms with Gasteiger partial charge in [0, 0.05) is 24.1 Å². The monoisotopic (exact) mass is 322 g/mol. The predicted octanol–water partition coefficient (Wildman–Crippen LogP) is 2.61. The van der Waals surface area contributed by atoms with Crippen LogP contribution in [0.4, 0.5) is 5.69 Å². The average molecular weight is 323 g/mol. The van der Waals surface area contributed by atoms with Crippen LogP contribution in [0.3, 0.4) is 0 Å². The highest BCUT2D eigenvalue weighted by atomic mass is 35.5. The molecule has 0 bridgehead atoms. The molecule has 0 aliphatic rings. The lowest BCUT2D eigenvalue weighted by molar-refractivity contribution is -0.118. The van der Waals surface area contributed by atoms with Gasteiger partial charge in [0.2, 0.25) is 11.8 Å². The molecule has 1 unspecified atom stereocenters. The summed E-state index contributed by atoms with van der Waals surface area (Å²) in [7, 11) is 0. The third kappa shape index (κ3) is 4.98. The van der Waals surface area contributed by atoms with Crippen molar-refractivity contribution >= 4 is 24.0 Å². The number of nitrogens with one attached hydrogen (secondary N) is 1. The average Bonchev–Trinajstić information content (AvgIpc) is 2.47. The molecule has 0 aliphatic heterocycles. The van der Waals surface area contributed by atoms with Gasteiger partial charge in [0.05, 0.1) is 12.2 Å². The van der Waals surface area contributed by atoms with Gasteiger partial charge in [0.25, 0.3) is 0 Å². The van der Waals surface area contributed by atoms with Crippen LogP contribution < -0.4 is 15.8 Å². The first kappa shape index (κ1) is 17.9. The van der Waals surface area contributed by atoms with Gasteiger partial charge in [-0.2, -0.15) is 0 Å². The zero-order valence-electron chi connectivity index (χ0n) is 12.4. The zero-order valence-corrected chi connectivity index (χ0v) is 13.2. The van der Waals surface area contributed by atoms with Gasteiger partial charge >= 0.3 is 0 Å². The molecule has 1 atom stereocenters. The number of hydrogen-bond donors (Lipinski definition) is 2. The van der Waals surface area contributed by atoms with Crippen LogP contribution in [-0.4, -0.2) is 21.9 Å². The Morgan fingerprint density at radius 2 is 2.09 bits per heavy atom. The van der Waals surface area contributed by atoms with Gasteiger partial charge in [-0.25, -0.2) is 4.98 Å². The minimum Gasteiger partial charge on any atom is -0.437 e. The summed E-state index contributed by atoms with van der Waals surface area (Å²) in [4.78, 5) is 19.9. The molecule has 0 fully saturated rings. The second-order valence-electron chi connectivity index (χ2n) is 4.93. The molecule has 118 valence electrons. The molecule has 3 N–H and O–H groups in total. The topological polar surface area (TPSA) is 90.1 Å². The number of aromatic nitrogens is 2. The molecule has 22 heavy (non-hydrogen) atoms. The van der Waals surface area contributed by atoms with Gasteiger partial charge in [-0.3, -0.25) is 9.78 Å². The van der Waals surface area contributed by atoms with Crippen molar-refractivity contribution in [1.29, 1.82) is 0 Å². The van der Waals surface area contributed by atoms with Crippen molar-refractivity contribution < 1.29 is 9.53 Å². The summed E-state index contributed by atoms with van der Waals surface area (Å²) in [6.45, 7) is 3.80. The first-order chi connectivity index (χ1) is 10.1. The van der Waals surface area contributed by atoms with E-state index in [1.807, 2.05) is 13.8 Å². The van der Waals surface area contributed by atoms with Crippen molar-refractivity contribution in [3.63, 3.8) is 0 Å². The van der Waals surface area contributed by atoms with Crippen LogP contribution in [0.2, 0.25) is 0 Å². The number of carbonyl (C=O) groups excluding carboxylic acids is 1. The summed E-state index contributed by atoms with van der Waals surface area (Å²) in [5, 5.41) is 2.77. The summed E-state index contributed by atoms with van der Waals surface area (Å²) in [5.74, 6) is 0.803. The van der Waals surface area contributed by atoms with Crippen molar-refractivity contribution in [3.8, 4) is 11.6 Å². The van der Waals surface area contributed by atoms with Crippen molar-refractivity contribution in [2.45, 2.75) is 19.9 Å². The van der Waals surface area contributed by atoms with Crippen LogP contribution in [0.5, 0.6) is 11.6 Å². The Kier molecular flexibility index (Phi) is 6.75. The molecule has 0 saturated heterocycles. The standard InChI is InChI=1S/C15H18N4O2.ClH/c1-10(2)14(16)15(20)19-11-4-3-5-12(8-11)21-13-9-17-6-7-18-13;/h3-10,14H,16H2,1-2H3,(H,19,20);1H. The zero-order chi connectivity index (χ0) is 15.2. The fourth-order valence-corrected chi connectivity index (χ4v) is 1.62. The van der Waals surface area contributed by atoms with Gasteiger partial charge in [-0.05, 0) is 18.1 Å². The van der Waals surface area contributed by atoms with Crippen molar-refractivity contribution in [3.05, 3.63) is 42.9 Å². The number of ether oxygens (including phenoxy) is 1. The molecule has 0 saturated carbocycles. The van der Waals surface area contributed by atoms with Gasteiger partial charge in [-0.1, -0.05) is 19.9 Å². The van der Waals surface area contributed by atoms with Crippen LogP contribution in [0, 0.1) is 5.92 Å². The van der Waals surface area contributed by atoms with Crippen LogP contribution in [0.1, 0.15) is 13.8 Å². The molecule has 0 radical (unpaired) electrons. The van der Waals surface area contributed by atoms with Crippen molar-refractivity contribution in [2.24, 2.45) is 11.7 Å². The second kappa shape index (κ2) is 8.31. The summed E-state index contributed by atoms with van der Waals surface area (Å²) >= 11 is 0. The third-order valence-electron chi connectivity index (χ3n) is 2.88. The number of benzene rings is 1. The second-order valence-corrected chi connectivity index (χ2v) is 4.93. The third-order valence-corrected chi connectivity index (χ3v) is 2.88. The minimum absolute atomic E-state index is 0. The normalized spacial score (nSPS) is 11.5. The molecule has 1 aromatic carbocycles. The number of hydrogen-bond acceptors (Lipinski definition) is 5. The van der Waals surface area contributed by atoms with E-state index in [0.29, 0.717) is 17.3 Å². The van der Waals surface area contributed by atoms with Crippen LogP contribution in [0.15, 0.2) is 42.9 Å². The molecule has 7 heteroatoms. The Labute approximate surface area is 135 Å². The Balaban J connectivity index is 0.00000242. The highest BCUT2D eigenvalue weighted by Gasteiger charge is 2.17. The molecule has 0 aliphatic carbocycles. The van der Waals surface area contributed by atoms with Gasteiger partial charge in [0.15, 0.2) is 0 Å². The van der Waals surface area contributed by atoms with E-state index in [0.717, 1.165) is 0 Å². The molecule has 1 aromatic heterocycles. The Bertz CT molecular complexity index is 608. The van der Waals surface area contributed by atoms with Crippen LogP contribution >= 0.6 is 12.4 Å². The number of nitrogens with two attached hydrogens (primary N) is 1. The first-order valence-corrected chi connectivity index (χ1v) is 6.66. The van der Waals surface area contributed by atoms with Crippen LogP contribution in [0.25, 0.3) is 0 Å². The maximum atomic E-state index is 11.9. The first-order valence-electron chi connectivity index (χ1n) is 6.66. The Morgan fingerprint density at radius 3 is 2.73 bits per heavy atom. The number of rotatable bonds is 5. The smallest absolute Gasteiger partial charge is 0.241 e. The van der Waals surface area contributed by atoms with Gasteiger partial charge in [0.1, 0.15) is 5.75 Å². The van der Waals surface area contributed by atoms with Crippen molar-refractivity contribution in [1.82, 2.24) is 9.97 Å². The van der Waals surface area contributed by atoms with Gasteiger partial charge in [-0.15, -0.1) is 12.4 Å². The summed E-state index contributed by atoms with van der Waals surface area (Å²) < 4.78 is 5.55. The number of anilines is 1. The van der Waals surface area contributed by atoms with E-state index in [1.165, 1.54) is 6.20 Å². The van der Waals surface area contributed by atoms with E-state index in [9.17, 15) is 4.79 Å². The summed E-state index contributed by atoms with van der Waals surface area (Å²) in [6, 6.07) is 6.48. The van der Waals surface area contributed by atoms with E-state index in [2.05, 4.69) is 15.3 Å².